The molecule has 2 heterocycles. The van der Waals surface area contributed by atoms with Crippen LogP contribution in [0.5, 0.6) is 5.75 Å². The van der Waals surface area contributed by atoms with Gasteiger partial charge in [-0.1, -0.05) is 48.6 Å². The number of hydrogen-bond donors (Lipinski definition) is 0. The van der Waals surface area contributed by atoms with E-state index >= 15 is 0 Å². The Labute approximate surface area is 214 Å². The lowest BCUT2D eigenvalue weighted by molar-refractivity contribution is 0.218. The number of anilines is 1. The zero-order chi connectivity index (χ0) is 25.0. The van der Waals surface area contributed by atoms with Crippen LogP contribution in [0.4, 0.5) is 5.69 Å². The van der Waals surface area contributed by atoms with E-state index in [9.17, 15) is 0 Å². The Morgan fingerprint density at radius 1 is 0.694 bits per heavy atom. The van der Waals surface area contributed by atoms with Crippen molar-refractivity contribution in [2.45, 2.75) is 19.5 Å². The van der Waals surface area contributed by atoms with Crippen LogP contribution in [-0.4, -0.2) is 42.1 Å². The summed E-state index contributed by atoms with van der Waals surface area (Å²) in [4.78, 5) is 13.4. The summed E-state index contributed by atoms with van der Waals surface area (Å²) in [6.45, 7) is 3.14. The first-order valence-corrected chi connectivity index (χ1v) is 12.4. The zero-order valence-electron chi connectivity index (χ0n) is 21.1. The molecule has 0 amide bonds. The first-order valence-electron chi connectivity index (χ1n) is 12.4. The van der Waals surface area contributed by atoms with Gasteiger partial charge in [0.15, 0.2) is 0 Å². The van der Waals surface area contributed by atoms with Crippen molar-refractivity contribution in [1.29, 1.82) is 0 Å². The van der Waals surface area contributed by atoms with Crippen LogP contribution >= 0.6 is 0 Å². The SMILES string of the molecule is CN(C)c1ccc(/C=C/c2ccc(OCCCN(Cc3ccccn3)Cc3ccccn3)cc2)cc1. The molecule has 2 aromatic carbocycles. The molecule has 0 saturated heterocycles. The van der Waals surface area contributed by atoms with Gasteiger partial charge in [-0.2, -0.15) is 0 Å². The van der Waals surface area contributed by atoms with Crippen molar-refractivity contribution in [2.24, 2.45) is 0 Å². The van der Waals surface area contributed by atoms with Crippen molar-refractivity contribution >= 4 is 17.8 Å². The maximum atomic E-state index is 6.02. The van der Waals surface area contributed by atoms with Crippen molar-refractivity contribution < 1.29 is 4.74 Å². The van der Waals surface area contributed by atoms with Gasteiger partial charge in [0.05, 0.1) is 18.0 Å². The molecule has 4 aromatic rings. The first kappa shape index (κ1) is 25.1. The molecule has 0 N–H and O–H groups in total. The van der Waals surface area contributed by atoms with Crippen LogP contribution in [0.15, 0.2) is 97.3 Å². The Balaban J connectivity index is 1.26. The molecule has 184 valence electrons. The molecule has 0 atom stereocenters. The smallest absolute Gasteiger partial charge is 0.119 e. The molecule has 0 aliphatic heterocycles. The molecule has 0 radical (unpaired) electrons. The van der Waals surface area contributed by atoms with Gasteiger partial charge in [-0.25, -0.2) is 0 Å². The molecule has 0 spiro atoms. The predicted molar refractivity (Wildman–Crippen MR) is 149 cm³/mol. The number of pyridine rings is 2. The molecule has 2 aromatic heterocycles. The van der Waals surface area contributed by atoms with E-state index in [4.69, 9.17) is 4.74 Å². The molecular weight excluding hydrogens is 444 g/mol. The number of benzene rings is 2. The third-order valence-corrected chi connectivity index (χ3v) is 5.87. The van der Waals surface area contributed by atoms with Crippen molar-refractivity contribution in [3.63, 3.8) is 0 Å². The van der Waals surface area contributed by atoms with Gasteiger partial charge in [-0.05, 0) is 66.1 Å². The second-order valence-corrected chi connectivity index (χ2v) is 8.94. The lowest BCUT2D eigenvalue weighted by Crippen LogP contribution is -2.26. The van der Waals surface area contributed by atoms with Gasteiger partial charge in [0.25, 0.3) is 0 Å². The molecular formula is C31H34N4O. The van der Waals surface area contributed by atoms with E-state index in [0.717, 1.165) is 48.8 Å². The summed E-state index contributed by atoms with van der Waals surface area (Å²) in [7, 11) is 4.10. The van der Waals surface area contributed by atoms with Crippen LogP contribution in [0.3, 0.4) is 0 Å². The quantitative estimate of drug-likeness (QED) is 0.180. The van der Waals surface area contributed by atoms with Gasteiger partial charge in [0, 0.05) is 51.8 Å². The molecule has 36 heavy (non-hydrogen) atoms. The van der Waals surface area contributed by atoms with Crippen molar-refractivity contribution in [2.75, 3.05) is 32.1 Å². The zero-order valence-corrected chi connectivity index (χ0v) is 21.1. The number of nitrogens with zero attached hydrogens (tertiary/aromatic N) is 4. The van der Waals surface area contributed by atoms with Crippen molar-refractivity contribution in [3.05, 3.63) is 120 Å². The number of ether oxygens (including phenoxy) is 1. The van der Waals surface area contributed by atoms with Gasteiger partial charge in [-0.3, -0.25) is 14.9 Å². The van der Waals surface area contributed by atoms with Gasteiger partial charge >= 0.3 is 0 Å². The molecule has 5 nitrogen and oxygen atoms in total. The monoisotopic (exact) mass is 478 g/mol. The Hall–Kier alpha value is -3.96. The standard InChI is InChI=1S/C31H34N4O/c1-34(2)30-16-12-26(13-17-30)10-11-27-14-18-31(19-15-27)36-23-7-22-35(24-28-8-3-5-20-32-28)25-29-9-4-6-21-33-29/h3-6,8-21H,7,22-25H2,1-2H3/b11-10+. The molecule has 4 rings (SSSR count). The maximum Gasteiger partial charge on any atom is 0.119 e. The lowest BCUT2D eigenvalue weighted by atomic mass is 10.1. The number of aromatic nitrogens is 2. The minimum atomic E-state index is 0.661. The highest BCUT2D eigenvalue weighted by Gasteiger charge is 2.09. The normalized spacial score (nSPS) is 11.2. The maximum absolute atomic E-state index is 6.02. The van der Waals surface area contributed by atoms with E-state index in [2.05, 4.69) is 94.5 Å². The third-order valence-electron chi connectivity index (χ3n) is 5.87. The Morgan fingerprint density at radius 2 is 1.25 bits per heavy atom. The van der Waals surface area contributed by atoms with Gasteiger partial charge in [0.2, 0.25) is 0 Å². The predicted octanol–water partition coefficient (Wildman–Crippen LogP) is 6.18. The number of hydrogen-bond acceptors (Lipinski definition) is 5. The summed E-state index contributed by atoms with van der Waals surface area (Å²) >= 11 is 0. The van der Waals surface area contributed by atoms with E-state index in [-0.39, 0.29) is 0 Å². The molecule has 0 saturated carbocycles. The van der Waals surface area contributed by atoms with E-state index in [1.54, 1.807) is 0 Å². The molecule has 0 aliphatic carbocycles. The Morgan fingerprint density at radius 3 is 1.75 bits per heavy atom. The second kappa shape index (κ2) is 13.2. The number of rotatable bonds is 12. The van der Waals surface area contributed by atoms with Gasteiger partial charge in [-0.15, -0.1) is 0 Å². The fourth-order valence-corrected chi connectivity index (χ4v) is 3.88. The van der Waals surface area contributed by atoms with Crippen LogP contribution in [0.25, 0.3) is 12.2 Å². The van der Waals surface area contributed by atoms with Gasteiger partial charge in [0.1, 0.15) is 5.75 Å². The summed E-state index contributed by atoms with van der Waals surface area (Å²) in [5.41, 5.74) is 5.65. The minimum Gasteiger partial charge on any atom is -0.494 e. The molecule has 0 unspecified atom stereocenters. The van der Waals surface area contributed by atoms with Crippen LogP contribution in [0.1, 0.15) is 28.9 Å². The molecule has 0 bridgehead atoms. The average molecular weight is 479 g/mol. The summed E-state index contributed by atoms with van der Waals surface area (Å²) in [6, 6.07) is 28.9. The van der Waals surface area contributed by atoms with Crippen LogP contribution in [0.2, 0.25) is 0 Å². The summed E-state index contributed by atoms with van der Waals surface area (Å²) in [5, 5.41) is 0. The van der Waals surface area contributed by atoms with E-state index < -0.39 is 0 Å². The molecule has 5 heteroatoms. The molecule has 0 aliphatic rings. The average Bonchev–Trinajstić information content (AvgIpc) is 2.92. The second-order valence-electron chi connectivity index (χ2n) is 8.94. The fraction of sp³-hybridized carbons (Fsp3) is 0.226. The van der Waals surface area contributed by atoms with E-state index in [1.165, 1.54) is 11.3 Å². The lowest BCUT2D eigenvalue weighted by Gasteiger charge is -2.21. The van der Waals surface area contributed by atoms with Crippen molar-refractivity contribution in [1.82, 2.24) is 14.9 Å². The van der Waals surface area contributed by atoms with Crippen LogP contribution in [-0.2, 0) is 13.1 Å². The summed E-state index contributed by atoms with van der Waals surface area (Å²) < 4.78 is 6.02. The summed E-state index contributed by atoms with van der Waals surface area (Å²) in [5.74, 6) is 0.892. The van der Waals surface area contributed by atoms with Crippen LogP contribution < -0.4 is 9.64 Å². The van der Waals surface area contributed by atoms with E-state index in [0.29, 0.717) is 6.61 Å². The Bertz CT molecular complexity index is 1150. The highest BCUT2D eigenvalue weighted by molar-refractivity contribution is 5.70. The summed E-state index contributed by atoms with van der Waals surface area (Å²) in [6.07, 6.45) is 8.87. The third kappa shape index (κ3) is 8.07. The Kier molecular flexibility index (Phi) is 9.23. The minimum absolute atomic E-state index is 0.661. The topological polar surface area (TPSA) is 41.5 Å². The highest BCUT2D eigenvalue weighted by atomic mass is 16.5. The molecule has 0 fully saturated rings. The highest BCUT2D eigenvalue weighted by Crippen LogP contribution is 2.17. The fourth-order valence-electron chi connectivity index (χ4n) is 3.88. The largest absolute Gasteiger partial charge is 0.494 e. The first-order chi connectivity index (χ1) is 17.7. The van der Waals surface area contributed by atoms with Gasteiger partial charge < -0.3 is 9.64 Å². The van der Waals surface area contributed by atoms with Crippen LogP contribution in [0, 0.1) is 0 Å². The van der Waals surface area contributed by atoms with Crippen molar-refractivity contribution in [3.8, 4) is 5.75 Å². The van der Waals surface area contributed by atoms with E-state index in [1.807, 2.05) is 48.8 Å².